The van der Waals surface area contributed by atoms with E-state index in [1.807, 2.05) is 6.08 Å². The molecule has 0 saturated carbocycles. The number of aliphatic hydroxyl groups excluding tert-OH is 1. The predicted molar refractivity (Wildman–Crippen MR) is 42.0 cm³/mol. The molecule has 0 aliphatic carbocycles. The molecule has 1 aliphatic rings. The van der Waals surface area contributed by atoms with E-state index >= 15 is 0 Å². The molecule has 0 aromatic carbocycles. The highest BCUT2D eigenvalue weighted by molar-refractivity contribution is 4.98. The van der Waals surface area contributed by atoms with Crippen LogP contribution in [0, 0.1) is 0 Å². The van der Waals surface area contributed by atoms with Gasteiger partial charge in [0.05, 0.1) is 5.76 Å². The minimum atomic E-state index is 0.553. The van der Waals surface area contributed by atoms with Gasteiger partial charge in [-0.05, 0) is 19.9 Å². The summed E-state index contributed by atoms with van der Waals surface area (Å²) in [5.74, 6) is 0.553. The number of hydrogen-bond acceptors (Lipinski definition) is 2. The van der Waals surface area contributed by atoms with E-state index in [9.17, 15) is 0 Å². The van der Waals surface area contributed by atoms with E-state index in [-0.39, 0.29) is 0 Å². The first kappa shape index (κ1) is 7.61. The van der Waals surface area contributed by atoms with Crippen molar-refractivity contribution in [1.29, 1.82) is 0 Å². The molecule has 0 unspecified atom stereocenters. The van der Waals surface area contributed by atoms with Crippen LogP contribution < -0.4 is 0 Å². The van der Waals surface area contributed by atoms with Crippen LogP contribution in [0.15, 0.2) is 11.8 Å². The van der Waals surface area contributed by atoms with Gasteiger partial charge < -0.3 is 5.11 Å². The van der Waals surface area contributed by atoms with Crippen LogP contribution in [0.5, 0.6) is 0 Å². The Morgan fingerprint density at radius 2 is 2.30 bits per heavy atom. The first-order chi connectivity index (χ1) is 4.70. The van der Waals surface area contributed by atoms with Crippen molar-refractivity contribution < 1.29 is 5.11 Å². The first-order valence-electron chi connectivity index (χ1n) is 3.82. The van der Waals surface area contributed by atoms with E-state index in [1.165, 1.54) is 0 Å². The lowest BCUT2D eigenvalue weighted by Crippen LogP contribution is -2.34. The van der Waals surface area contributed by atoms with Gasteiger partial charge >= 0.3 is 0 Å². The minimum absolute atomic E-state index is 0.553. The van der Waals surface area contributed by atoms with Crippen LogP contribution in [0.3, 0.4) is 0 Å². The van der Waals surface area contributed by atoms with Gasteiger partial charge in [-0.3, -0.25) is 4.90 Å². The normalized spacial score (nSPS) is 21.3. The van der Waals surface area contributed by atoms with Crippen LogP contribution in [0.1, 0.15) is 20.3 Å². The topological polar surface area (TPSA) is 23.5 Å². The third-order valence-corrected chi connectivity index (χ3v) is 1.95. The van der Waals surface area contributed by atoms with E-state index in [1.54, 1.807) is 0 Å². The molecule has 0 fully saturated rings. The van der Waals surface area contributed by atoms with Crippen LogP contribution in [0.2, 0.25) is 0 Å². The molecule has 1 rings (SSSR count). The summed E-state index contributed by atoms with van der Waals surface area (Å²) in [7, 11) is 0. The molecular weight excluding hydrogens is 126 g/mol. The lowest BCUT2D eigenvalue weighted by molar-refractivity contribution is 0.214. The summed E-state index contributed by atoms with van der Waals surface area (Å²) in [6.07, 6.45) is 2.71. The number of nitrogens with zero attached hydrogens (tertiary/aromatic N) is 1. The number of rotatable bonds is 1. The Morgan fingerprint density at radius 3 is 2.70 bits per heavy atom. The van der Waals surface area contributed by atoms with Crippen molar-refractivity contribution in [2.24, 2.45) is 0 Å². The van der Waals surface area contributed by atoms with Crippen molar-refractivity contribution in [2.45, 2.75) is 26.3 Å². The molecule has 0 radical (unpaired) electrons. The van der Waals surface area contributed by atoms with Gasteiger partial charge in [-0.25, -0.2) is 0 Å². The Kier molecular flexibility index (Phi) is 2.33. The summed E-state index contributed by atoms with van der Waals surface area (Å²) in [5, 5.41) is 9.04. The number of hydrogen-bond donors (Lipinski definition) is 1. The zero-order chi connectivity index (χ0) is 7.56. The molecule has 0 bridgehead atoms. The average molecular weight is 141 g/mol. The summed E-state index contributed by atoms with van der Waals surface area (Å²) in [4.78, 5) is 2.33. The number of aliphatic hydroxyl groups is 1. The SMILES string of the molecule is CC(C)N1CC=C(O)CC1. The van der Waals surface area contributed by atoms with Gasteiger partial charge in [-0.2, -0.15) is 0 Å². The van der Waals surface area contributed by atoms with Gasteiger partial charge in [0.25, 0.3) is 0 Å². The molecule has 0 saturated heterocycles. The Morgan fingerprint density at radius 1 is 1.60 bits per heavy atom. The zero-order valence-electron chi connectivity index (χ0n) is 6.67. The van der Waals surface area contributed by atoms with Gasteiger partial charge in [0.15, 0.2) is 0 Å². The van der Waals surface area contributed by atoms with E-state index < -0.39 is 0 Å². The van der Waals surface area contributed by atoms with E-state index in [2.05, 4.69) is 18.7 Å². The maximum absolute atomic E-state index is 9.04. The third kappa shape index (κ3) is 1.74. The summed E-state index contributed by atoms with van der Waals surface area (Å²) < 4.78 is 0. The smallest absolute Gasteiger partial charge is 0.0908 e. The standard InChI is InChI=1S/C8H15NO/c1-7(2)9-5-3-8(10)4-6-9/h3,7,10H,4-6H2,1-2H3. The van der Waals surface area contributed by atoms with Crippen LogP contribution in [-0.2, 0) is 0 Å². The molecule has 2 heteroatoms. The first-order valence-corrected chi connectivity index (χ1v) is 3.82. The monoisotopic (exact) mass is 141 g/mol. The average Bonchev–Trinajstić information content (AvgIpc) is 1.88. The maximum Gasteiger partial charge on any atom is 0.0908 e. The minimum Gasteiger partial charge on any atom is -0.513 e. The van der Waals surface area contributed by atoms with Crippen LogP contribution in [-0.4, -0.2) is 29.1 Å². The van der Waals surface area contributed by atoms with Gasteiger partial charge in [-0.1, -0.05) is 0 Å². The molecular formula is C8H15NO. The molecule has 10 heavy (non-hydrogen) atoms. The van der Waals surface area contributed by atoms with Gasteiger partial charge in [0, 0.05) is 25.6 Å². The Bertz CT molecular complexity index is 140. The summed E-state index contributed by atoms with van der Waals surface area (Å²) >= 11 is 0. The Hall–Kier alpha value is -0.500. The molecule has 1 N–H and O–H groups in total. The van der Waals surface area contributed by atoms with Gasteiger partial charge in [0.2, 0.25) is 0 Å². The molecule has 58 valence electrons. The maximum atomic E-state index is 9.04. The van der Waals surface area contributed by atoms with E-state index in [0.717, 1.165) is 19.5 Å². The molecule has 0 aromatic rings. The molecule has 0 aromatic heterocycles. The van der Waals surface area contributed by atoms with Crippen molar-refractivity contribution in [1.82, 2.24) is 4.90 Å². The highest BCUT2D eigenvalue weighted by Crippen LogP contribution is 2.09. The summed E-state index contributed by atoms with van der Waals surface area (Å²) in [6.45, 7) is 6.26. The molecule has 1 aliphatic heterocycles. The van der Waals surface area contributed by atoms with E-state index in [4.69, 9.17) is 5.11 Å². The zero-order valence-corrected chi connectivity index (χ0v) is 6.67. The lowest BCUT2D eigenvalue weighted by atomic mass is 10.2. The molecule has 0 amide bonds. The predicted octanol–water partition coefficient (Wildman–Crippen LogP) is 1.54. The quantitative estimate of drug-likeness (QED) is 0.598. The molecule has 0 atom stereocenters. The van der Waals surface area contributed by atoms with Crippen molar-refractivity contribution in [3.8, 4) is 0 Å². The van der Waals surface area contributed by atoms with Crippen molar-refractivity contribution in [2.75, 3.05) is 13.1 Å². The second kappa shape index (κ2) is 3.06. The summed E-state index contributed by atoms with van der Waals surface area (Å²) in [6, 6.07) is 0.601. The van der Waals surface area contributed by atoms with Crippen molar-refractivity contribution in [3.05, 3.63) is 11.8 Å². The van der Waals surface area contributed by atoms with Gasteiger partial charge in [-0.15, -0.1) is 0 Å². The third-order valence-electron chi connectivity index (χ3n) is 1.95. The molecule has 2 nitrogen and oxygen atoms in total. The second-order valence-electron chi connectivity index (χ2n) is 3.03. The fourth-order valence-corrected chi connectivity index (χ4v) is 1.14. The molecule has 0 spiro atoms. The largest absolute Gasteiger partial charge is 0.513 e. The Labute approximate surface area is 62.2 Å². The van der Waals surface area contributed by atoms with Crippen molar-refractivity contribution >= 4 is 0 Å². The fraction of sp³-hybridized carbons (Fsp3) is 0.750. The highest BCUT2D eigenvalue weighted by Gasteiger charge is 2.12. The van der Waals surface area contributed by atoms with Crippen LogP contribution in [0.25, 0.3) is 0 Å². The highest BCUT2D eigenvalue weighted by atomic mass is 16.3. The summed E-state index contributed by atoms with van der Waals surface area (Å²) in [5.41, 5.74) is 0. The van der Waals surface area contributed by atoms with Crippen molar-refractivity contribution in [3.63, 3.8) is 0 Å². The van der Waals surface area contributed by atoms with E-state index in [0.29, 0.717) is 11.8 Å². The van der Waals surface area contributed by atoms with Gasteiger partial charge in [0.1, 0.15) is 0 Å². The fourth-order valence-electron chi connectivity index (χ4n) is 1.14. The van der Waals surface area contributed by atoms with Crippen LogP contribution in [0.4, 0.5) is 0 Å². The lowest BCUT2D eigenvalue weighted by Gasteiger charge is -2.27. The molecule has 1 heterocycles. The van der Waals surface area contributed by atoms with Crippen LogP contribution >= 0.6 is 0 Å². The Balaban J connectivity index is 2.42. The second-order valence-corrected chi connectivity index (χ2v) is 3.03.